The standard InChI is InChI=1S/C14H15BrF2N4/c1-14(2,3)13-20-11(18)6-12(21-13)19-10-4-7(15)8(16)5-9(10)17/h4-6H,1-3H3,(H3,18,19,20,21). The van der Waals surface area contributed by atoms with Crippen molar-refractivity contribution in [2.75, 3.05) is 11.1 Å². The van der Waals surface area contributed by atoms with Crippen LogP contribution in [0.1, 0.15) is 26.6 Å². The normalized spacial score (nSPS) is 11.5. The Kier molecular flexibility index (Phi) is 4.13. The zero-order valence-electron chi connectivity index (χ0n) is 11.8. The van der Waals surface area contributed by atoms with E-state index in [0.29, 0.717) is 11.6 Å². The van der Waals surface area contributed by atoms with E-state index in [2.05, 4.69) is 31.2 Å². The molecule has 0 radical (unpaired) electrons. The van der Waals surface area contributed by atoms with E-state index >= 15 is 0 Å². The molecule has 21 heavy (non-hydrogen) atoms. The van der Waals surface area contributed by atoms with Crippen LogP contribution in [0, 0.1) is 11.6 Å². The molecular formula is C14H15BrF2N4. The molecule has 0 bridgehead atoms. The number of benzene rings is 1. The van der Waals surface area contributed by atoms with E-state index in [9.17, 15) is 8.78 Å². The van der Waals surface area contributed by atoms with Crippen molar-refractivity contribution >= 4 is 33.3 Å². The van der Waals surface area contributed by atoms with Gasteiger partial charge in [0.1, 0.15) is 29.1 Å². The SMILES string of the molecule is CC(C)(C)c1nc(N)cc(Nc2cc(Br)c(F)cc2F)n1. The average molecular weight is 357 g/mol. The molecule has 112 valence electrons. The molecule has 4 nitrogen and oxygen atoms in total. The van der Waals surface area contributed by atoms with Gasteiger partial charge in [0.2, 0.25) is 0 Å². The highest BCUT2D eigenvalue weighted by atomic mass is 79.9. The van der Waals surface area contributed by atoms with E-state index in [4.69, 9.17) is 5.73 Å². The molecule has 0 saturated heterocycles. The Morgan fingerprint density at radius 3 is 2.38 bits per heavy atom. The molecule has 0 amide bonds. The summed E-state index contributed by atoms with van der Waals surface area (Å²) < 4.78 is 27.1. The van der Waals surface area contributed by atoms with E-state index in [1.54, 1.807) is 0 Å². The van der Waals surface area contributed by atoms with Crippen LogP contribution >= 0.6 is 15.9 Å². The van der Waals surface area contributed by atoms with Crippen molar-refractivity contribution < 1.29 is 8.78 Å². The molecule has 1 aromatic carbocycles. The van der Waals surface area contributed by atoms with Gasteiger partial charge < -0.3 is 11.1 Å². The first kappa shape index (κ1) is 15.6. The Hall–Kier alpha value is -1.76. The summed E-state index contributed by atoms with van der Waals surface area (Å²) in [6, 6.07) is 3.59. The Morgan fingerprint density at radius 1 is 1.10 bits per heavy atom. The molecule has 0 unspecified atom stereocenters. The van der Waals surface area contributed by atoms with Crippen LogP contribution < -0.4 is 11.1 Å². The second kappa shape index (κ2) is 5.55. The van der Waals surface area contributed by atoms with E-state index in [1.807, 2.05) is 20.8 Å². The van der Waals surface area contributed by atoms with Gasteiger partial charge in [0.05, 0.1) is 10.2 Å². The van der Waals surface area contributed by atoms with E-state index in [1.165, 1.54) is 12.1 Å². The molecular weight excluding hydrogens is 342 g/mol. The van der Waals surface area contributed by atoms with Crippen LogP contribution in [0.5, 0.6) is 0 Å². The molecule has 0 aliphatic rings. The van der Waals surface area contributed by atoms with Gasteiger partial charge in [-0.15, -0.1) is 0 Å². The highest BCUT2D eigenvalue weighted by Crippen LogP contribution is 2.27. The molecule has 2 rings (SSSR count). The predicted octanol–water partition coefficient (Wildman–Crippen LogP) is 4.14. The third-order valence-electron chi connectivity index (χ3n) is 2.69. The number of anilines is 3. The Bertz CT molecular complexity index is 683. The van der Waals surface area contributed by atoms with Gasteiger partial charge in [-0.2, -0.15) is 0 Å². The van der Waals surface area contributed by atoms with Crippen molar-refractivity contribution in [1.82, 2.24) is 9.97 Å². The highest BCUT2D eigenvalue weighted by Gasteiger charge is 2.19. The van der Waals surface area contributed by atoms with Crippen LogP contribution in [0.25, 0.3) is 0 Å². The first-order valence-corrected chi connectivity index (χ1v) is 7.03. The number of halogens is 3. The van der Waals surface area contributed by atoms with Gasteiger partial charge in [-0.3, -0.25) is 0 Å². The zero-order valence-corrected chi connectivity index (χ0v) is 13.4. The lowest BCUT2D eigenvalue weighted by Crippen LogP contribution is -2.17. The fraction of sp³-hybridized carbons (Fsp3) is 0.286. The predicted molar refractivity (Wildman–Crippen MR) is 82.5 cm³/mol. The zero-order chi connectivity index (χ0) is 15.8. The summed E-state index contributed by atoms with van der Waals surface area (Å²) in [6.07, 6.45) is 0. The first-order chi connectivity index (χ1) is 9.66. The Morgan fingerprint density at radius 2 is 1.76 bits per heavy atom. The van der Waals surface area contributed by atoms with E-state index in [-0.39, 0.29) is 21.4 Å². The third kappa shape index (κ3) is 3.66. The largest absolute Gasteiger partial charge is 0.384 e. The monoisotopic (exact) mass is 356 g/mol. The quantitative estimate of drug-likeness (QED) is 0.793. The number of nitrogens with two attached hydrogens (primary N) is 1. The maximum atomic E-state index is 13.8. The molecule has 3 N–H and O–H groups in total. The molecule has 0 fully saturated rings. The first-order valence-electron chi connectivity index (χ1n) is 6.23. The lowest BCUT2D eigenvalue weighted by molar-refractivity contribution is 0.547. The summed E-state index contributed by atoms with van der Waals surface area (Å²) in [5.74, 6) is -0.226. The minimum Gasteiger partial charge on any atom is -0.384 e. The van der Waals surface area contributed by atoms with Gasteiger partial charge in [-0.25, -0.2) is 18.7 Å². The van der Waals surface area contributed by atoms with Crippen LogP contribution in [0.2, 0.25) is 0 Å². The number of nitrogens with one attached hydrogen (secondary N) is 1. The van der Waals surface area contributed by atoms with Gasteiger partial charge in [-0.05, 0) is 22.0 Å². The molecule has 2 aromatic rings. The molecule has 1 aromatic heterocycles. The van der Waals surface area contributed by atoms with Crippen molar-refractivity contribution in [3.63, 3.8) is 0 Å². The van der Waals surface area contributed by atoms with Crippen LogP contribution in [0.4, 0.5) is 26.1 Å². The van der Waals surface area contributed by atoms with Crippen molar-refractivity contribution in [1.29, 1.82) is 0 Å². The lowest BCUT2D eigenvalue weighted by atomic mass is 9.96. The fourth-order valence-electron chi connectivity index (χ4n) is 1.62. The van der Waals surface area contributed by atoms with Gasteiger partial charge >= 0.3 is 0 Å². The number of rotatable bonds is 2. The highest BCUT2D eigenvalue weighted by molar-refractivity contribution is 9.10. The van der Waals surface area contributed by atoms with Crippen LogP contribution in [0.15, 0.2) is 22.7 Å². The second-order valence-corrected chi connectivity index (χ2v) is 6.48. The number of hydrogen-bond donors (Lipinski definition) is 2. The topological polar surface area (TPSA) is 63.8 Å². The van der Waals surface area contributed by atoms with Crippen molar-refractivity contribution in [2.24, 2.45) is 0 Å². The molecule has 0 atom stereocenters. The van der Waals surface area contributed by atoms with Gasteiger partial charge in [-0.1, -0.05) is 20.8 Å². The van der Waals surface area contributed by atoms with Crippen LogP contribution in [-0.4, -0.2) is 9.97 Å². The summed E-state index contributed by atoms with van der Waals surface area (Å²) in [4.78, 5) is 8.48. The number of nitrogen functional groups attached to an aromatic ring is 1. The maximum absolute atomic E-state index is 13.8. The minimum absolute atomic E-state index is 0.0984. The van der Waals surface area contributed by atoms with Gasteiger partial charge in [0.25, 0.3) is 0 Å². The summed E-state index contributed by atoms with van der Waals surface area (Å²) in [7, 11) is 0. The second-order valence-electron chi connectivity index (χ2n) is 5.62. The lowest BCUT2D eigenvalue weighted by Gasteiger charge is -2.18. The maximum Gasteiger partial charge on any atom is 0.149 e. The number of hydrogen-bond acceptors (Lipinski definition) is 4. The Balaban J connectivity index is 2.40. The van der Waals surface area contributed by atoms with Crippen molar-refractivity contribution in [2.45, 2.75) is 26.2 Å². The average Bonchev–Trinajstić information content (AvgIpc) is 2.34. The minimum atomic E-state index is -0.717. The smallest absolute Gasteiger partial charge is 0.149 e. The van der Waals surface area contributed by atoms with Gasteiger partial charge in [0.15, 0.2) is 0 Å². The number of aromatic nitrogens is 2. The molecule has 0 aliphatic heterocycles. The Labute approximate surface area is 129 Å². The van der Waals surface area contributed by atoms with E-state index < -0.39 is 11.6 Å². The molecule has 0 spiro atoms. The van der Waals surface area contributed by atoms with E-state index in [0.717, 1.165) is 6.07 Å². The molecule has 0 saturated carbocycles. The van der Waals surface area contributed by atoms with Crippen molar-refractivity contribution in [3.05, 3.63) is 40.1 Å². The molecule has 0 aliphatic carbocycles. The summed E-state index contributed by atoms with van der Waals surface area (Å²) >= 11 is 3.02. The third-order valence-corrected chi connectivity index (χ3v) is 3.30. The van der Waals surface area contributed by atoms with Crippen LogP contribution in [0.3, 0.4) is 0 Å². The summed E-state index contributed by atoms with van der Waals surface area (Å²) in [5, 5.41) is 2.79. The number of nitrogens with zero attached hydrogens (tertiary/aromatic N) is 2. The van der Waals surface area contributed by atoms with Crippen molar-refractivity contribution in [3.8, 4) is 0 Å². The molecule has 7 heteroatoms. The fourth-order valence-corrected chi connectivity index (χ4v) is 1.97. The summed E-state index contributed by atoms with van der Waals surface area (Å²) in [5.41, 5.74) is 5.55. The summed E-state index contributed by atoms with van der Waals surface area (Å²) in [6.45, 7) is 5.84. The van der Waals surface area contributed by atoms with Gasteiger partial charge in [0, 0.05) is 17.5 Å². The molecule has 1 heterocycles. The van der Waals surface area contributed by atoms with Crippen LogP contribution in [-0.2, 0) is 5.41 Å².